The van der Waals surface area contributed by atoms with Crippen LogP contribution < -0.4 is 15.5 Å². The van der Waals surface area contributed by atoms with Crippen LogP contribution in [0.15, 0.2) is 28.9 Å². The van der Waals surface area contributed by atoms with Crippen LogP contribution in [-0.2, 0) is 4.79 Å². The van der Waals surface area contributed by atoms with Gasteiger partial charge in [0.25, 0.3) is 0 Å². The first-order chi connectivity index (χ1) is 10.8. The number of hydrazone groups is 1. The van der Waals surface area contributed by atoms with Crippen molar-refractivity contribution in [3.63, 3.8) is 0 Å². The predicted molar refractivity (Wildman–Crippen MR) is 90.9 cm³/mol. The number of hydrogen-bond donors (Lipinski definition) is 3. The first-order valence-electron chi connectivity index (χ1n) is 6.95. The molecule has 1 aliphatic heterocycles. The number of halogens is 2. The van der Waals surface area contributed by atoms with E-state index in [2.05, 4.69) is 15.8 Å². The summed E-state index contributed by atoms with van der Waals surface area (Å²) in [5.74, 6) is 0.332. The highest BCUT2D eigenvalue weighted by Crippen LogP contribution is 2.36. The first kappa shape index (κ1) is 17.6. The van der Waals surface area contributed by atoms with Crippen molar-refractivity contribution in [3.8, 4) is 5.75 Å². The van der Waals surface area contributed by atoms with Crippen molar-refractivity contribution >= 4 is 40.7 Å². The Morgan fingerprint density at radius 2 is 2.00 bits per heavy atom. The molecular formula is C15H17Cl2N3O3. The first-order valence-corrected chi connectivity index (χ1v) is 7.70. The van der Waals surface area contributed by atoms with Gasteiger partial charge in [0, 0.05) is 18.7 Å². The van der Waals surface area contributed by atoms with E-state index < -0.39 is 6.23 Å². The molecule has 0 bridgehead atoms. The Bertz CT molecular complexity index is 664. The van der Waals surface area contributed by atoms with Crippen LogP contribution >= 0.6 is 23.2 Å². The van der Waals surface area contributed by atoms with E-state index >= 15 is 0 Å². The van der Waals surface area contributed by atoms with Crippen molar-refractivity contribution < 1.29 is 14.6 Å². The van der Waals surface area contributed by atoms with Gasteiger partial charge in [0.05, 0.1) is 10.0 Å². The molecule has 1 aromatic rings. The number of anilines is 1. The predicted octanol–water partition coefficient (Wildman–Crippen LogP) is 3.15. The molecule has 1 unspecified atom stereocenters. The smallest absolute Gasteiger partial charge is 0.236 e. The molecule has 0 fully saturated rings. The number of carbonyl (C=O) groups excluding carboxylic acids is 1. The fourth-order valence-electron chi connectivity index (χ4n) is 2.03. The normalized spacial score (nSPS) is 17.3. The molecule has 124 valence electrons. The highest BCUT2D eigenvalue weighted by Gasteiger charge is 2.21. The maximum absolute atomic E-state index is 11.1. The lowest BCUT2D eigenvalue weighted by Crippen LogP contribution is -2.34. The Kier molecular flexibility index (Phi) is 5.51. The van der Waals surface area contributed by atoms with Gasteiger partial charge in [0.1, 0.15) is 0 Å². The van der Waals surface area contributed by atoms with E-state index in [1.165, 1.54) is 19.1 Å². The summed E-state index contributed by atoms with van der Waals surface area (Å²) in [4.78, 5) is 11.1. The zero-order valence-electron chi connectivity index (χ0n) is 12.9. The molecule has 1 amide bonds. The summed E-state index contributed by atoms with van der Waals surface area (Å²) in [5.41, 5.74) is 3.77. The fourth-order valence-corrected chi connectivity index (χ4v) is 2.59. The van der Waals surface area contributed by atoms with Crippen LogP contribution in [0.25, 0.3) is 0 Å². The molecule has 0 aliphatic carbocycles. The molecule has 1 atom stereocenters. The number of ether oxygens (including phenoxy) is 1. The maximum Gasteiger partial charge on any atom is 0.236 e. The van der Waals surface area contributed by atoms with Crippen molar-refractivity contribution in [2.24, 2.45) is 11.0 Å². The Morgan fingerprint density at radius 1 is 1.39 bits per heavy atom. The van der Waals surface area contributed by atoms with E-state index in [9.17, 15) is 9.90 Å². The van der Waals surface area contributed by atoms with Crippen LogP contribution in [0, 0.1) is 5.92 Å². The lowest BCUT2D eigenvalue weighted by molar-refractivity contribution is -0.114. The number of carbonyl (C=O) groups is 1. The van der Waals surface area contributed by atoms with Crippen molar-refractivity contribution in [2.45, 2.75) is 27.0 Å². The van der Waals surface area contributed by atoms with Gasteiger partial charge in [-0.2, -0.15) is 0 Å². The average Bonchev–Trinajstić information content (AvgIpc) is 2.43. The van der Waals surface area contributed by atoms with E-state index in [-0.39, 0.29) is 33.5 Å². The van der Waals surface area contributed by atoms with Gasteiger partial charge in [0.2, 0.25) is 11.8 Å². The Labute approximate surface area is 144 Å². The molecule has 2 rings (SSSR count). The molecule has 1 aliphatic rings. The Morgan fingerprint density at radius 3 is 2.52 bits per heavy atom. The van der Waals surface area contributed by atoms with Crippen molar-refractivity contribution in [3.05, 3.63) is 33.8 Å². The second-order valence-corrected chi connectivity index (χ2v) is 6.15. The van der Waals surface area contributed by atoms with Crippen LogP contribution in [0.4, 0.5) is 5.69 Å². The third-order valence-corrected chi connectivity index (χ3v) is 3.66. The van der Waals surface area contributed by atoms with Gasteiger partial charge >= 0.3 is 0 Å². The minimum Gasteiger partial charge on any atom is -0.434 e. The zero-order valence-corrected chi connectivity index (χ0v) is 14.4. The highest BCUT2D eigenvalue weighted by atomic mass is 35.5. The molecule has 6 nitrogen and oxygen atoms in total. The van der Waals surface area contributed by atoms with Crippen LogP contribution in [0.5, 0.6) is 5.75 Å². The van der Waals surface area contributed by atoms with Crippen molar-refractivity contribution in [1.82, 2.24) is 5.43 Å². The molecule has 0 radical (unpaired) electrons. The van der Waals surface area contributed by atoms with E-state index in [1.54, 1.807) is 6.08 Å². The quantitative estimate of drug-likeness (QED) is 0.775. The average molecular weight is 358 g/mol. The number of aliphatic hydroxyl groups excluding tert-OH is 1. The molecule has 8 heteroatoms. The number of rotatable bonds is 3. The number of benzene rings is 1. The summed E-state index contributed by atoms with van der Waals surface area (Å²) in [5, 5.41) is 16.8. The molecule has 0 aromatic heterocycles. The minimum absolute atomic E-state index is 0.111. The lowest BCUT2D eigenvalue weighted by atomic mass is 10.0. The van der Waals surface area contributed by atoms with Crippen LogP contribution in [0.3, 0.4) is 0 Å². The summed E-state index contributed by atoms with van der Waals surface area (Å²) in [6.07, 6.45) is 0.788. The molecule has 1 aromatic carbocycles. The highest BCUT2D eigenvalue weighted by molar-refractivity contribution is 6.38. The topological polar surface area (TPSA) is 83.0 Å². The van der Waals surface area contributed by atoms with Gasteiger partial charge in [0.15, 0.2) is 12.0 Å². The number of nitrogens with zero attached hydrogens (tertiary/aromatic N) is 1. The molecule has 0 saturated heterocycles. The van der Waals surface area contributed by atoms with Gasteiger partial charge in [-0.3, -0.25) is 10.2 Å². The summed E-state index contributed by atoms with van der Waals surface area (Å²) in [6.45, 7) is 5.28. The second-order valence-electron chi connectivity index (χ2n) is 5.33. The molecule has 1 heterocycles. The molecular weight excluding hydrogens is 341 g/mol. The van der Waals surface area contributed by atoms with Gasteiger partial charge in [-0.15, -0.1) is 5.10 Å². The van der Waals surface area contributed by atoms with Gasteiger partial charge in [-0.1, -0.05) is 37.0 Å². The number of amides is 1. The SMILES string of the molecule is CC(=O)Nc1cc(Cl)c(OC2=NNC(O)C(C(C)C)=C2)c(Cl)c1. The summed E-state index contributed by atoms with van der Waals surface area (Å²) in [6, 6.07) is 3.06. The summed E-state index contributed by atoms with van der Waals surface area (Å²) < 4.78 is 5.63. The zero-order chi connectivity index (χ0) is 17.1. The van der Waals surface area contributed by atoms with Crippen LogP contribution in [0.2, 0.25) is 10.0 Å². The molecule has 3 N–H and O–H groups in total. The van der Waals surface area contributed by atoms with Crippen LogP contribution in [-0.4, -0.2) is 23.1 Å². The molecule has 0 spiro atoms. The van der Waals surface area contributed by atoms with Crippen molar-refractivity contribution in [1.29, 1.82) is 0 Å². The third-order valence-electron chi connectivity index (χ3n) is 3.09. The van der Waals surface area contributed by atoms with E-state index in [1.807, 2.05) is 13.8 Å². The summed E-state index contributed by atoms with van der Waals surface area (Å²) in [7, 11) is 0. The van der Waals surface area contributed by atoms with Gasteiger partial charge in [-0.05, 0) is 23.6 Å². The minimum atomic E-state index is -0.851. The van der Waals surface area contributed by atoms with E-state index in [0.29, 0.717) is 5.69 Å². The van der Waals surface area contributed by atoms with E-state index in [4.69, 9.17) is 27.9 Å². The third kappa shape index (κ3) is 4.37. The lowest BCUT2D eigenvalue weighted by Gasteiger charge is -2.23. The number of hydrogen-bond acceptors (Lipinski definition) is 5. The molecule has 0 saturated carbocycles. The Hall–Kier alpha value is -1.76. The number of nitrogens with one attached hydrogen (secondary N) is 2. The second kappa shape index (κ2) is 7.21. The van der Waals surface area contributed by atoms with Crippen LogP contribution in [0.1, 0.15) is 20.8 Å². The maximum atomic E-state index is 11.1. The fraction of sp³-hybridized carbons (Fsp3) is 0.333. The van der Waals surface area contributed by atoms with Crippen molar-refractivity contribution in [2.75, 3.05) is 5.32 Å². The monoisotopic (exact) mass is 357 g/mol. The number of aliphatic hydroxyl groups is 1. The van der Waals surface area contributed by atoms with Gasteiger partial charge < -0.3 is 15.2 Å². The standard InChI is InChI=1S/C15H17Cl2N3O3/c1-7(2)10-6-13(19-20-15(10)22)23-14-11(16)4-9(5-12(14)17)18-8(3)21/h4-7,15,20,22H,1-3H3,(H,18,21). The largest absolute Gasteiger partial charge is 0.434 e. The summed E-state index contributed by atoms with van der Waals surface area (Å²) >= 11 is 12.3. The van der Waals surface area contributed by atoms with Gasteiger partial charge in [-0.25, -0.2) is 0 Å². The Balaban J connectivity index is 2.25. The molecule has 23 heavy (non-hydrogen) atoms. The van der Waals surface area contributed by atoms with E-state index in [0.717, 1.165) is 5.57 Å².